The van der Waals surface area contributed by atoms with Crippen LogP contribution in [0.4, 0.5) is 0 Å². The zero-order valence-electron chi connectivity index (χ0n) is 26.0. The van der Waals surface area contributed by atoms with Gasteiger partial charge in [0.25, 0.3) is 0 Å². The van der Waals surface area contributed by atoms with Gasteiger partial charge in [0, 0.05) is 22.1 Å². The van der Waals surface area contributed by atoms with Crippen molar-refractivity contribution in [3.8, 4) is 0 Å². The number of hydrogen-bond donors (Lipinski definition) is 2. The number of hydrogen-bond acceptors (Lipinski definition) is 2. The van der Waals surface area contributed by atoms with Crippen molar-refractivity contribution in [1.29, 1.82) is 0 Å². The van der Waals surface area contributed by atoms with Crippen LogP contribution in [0.3, 0.4) is 0 Å². The Balaban J connectivity index is 1.75. The molecule has 41 heavy (non-hydrogen) atoms. The van der Waals surface area contributed by atoms with Crippen LogP contribution in [0.1, 0.15) is 131 Å². The van der Waals surface area contributed by atoms with Crippen molar-refractivity contribution in [2.75, 3.05) is 0 Å². The molecule has 3 aromatic rings. The molecule has 7 heterocycles. The van der Waals surface area contributed by atoms with E-state index in [0.29, 0.717) is 0 Å². The molecule has 0 aromatic carbocycles. The molecule has 3 aromatic heterocycles. The molecule has 4 aliphatic heterocycles. The van der Waals surface area contributed by atoms with Gasteiger partial charge in [0.05, 0.1) is 22.8 Å². The lowest BCUT2D eigenvalue weighted by Crippen LogP contribution is -1.88. The van der Waals surface area contributed by atoms with Crippen molar-refractivity contribution >= 4 is 44.4 Å². The van der Waals surface area contributed by atoms with Crippen LogP contribution < -0.4 is 0 Å². The number of aromatic nitrogens is 4. The van der Waals surface area contributed by atoms with Crippen molar-refractivity contribution in [1.82, 2.24) is 19.9 Å². The first-order valence-corrected chi connectivity index (χ1v) is 16.0. The van der Waals surface area contributed by atoms with Crippen molar-refractivity contribution in [3.05, 3.63) is 69.3 Å². The molecule has 4 nitrogen and oxygen atoms in total. The van der Waals surface area contributed by atoms with Crippen molar-refractivity contribution in [2.45, 2.75) is 112 Å². The van der Waals surface area contributed by atoms with Gasteiger partial charge < -0.3 is 9.97 Å². The number of rotatable bonds is 2. The van der Waals surface area contributed by atoms with E-state index in [1.54, 1.807) is 0 Å². The molecule has 7 rings (SSSR count). The average Bonchev–Trinajstić information content (AvgIpc) is 3.61. The molecular weight excluding hydrogens is 500 g/mol. The number of nitrogens with zero attached hydrogens (tertiary/aromatic N) is 2. The van der Waals surface area contributed by atoms with Gasteiger partial charge in [-0.1, -0.05) is 46.0 Å². The Kier molecular flexibility index (Phi) is 7.76. The smallest absolute Gasteiger partial charge is 0.0693 e. The number of aryl methyl sites for hydroxylation is 4. The summed E-state index contributed by atoms with van der Waals surface area (Å²) >= 11 is 0. The second kappa shape index (κ2) is 11.5. The normalized spacial score (nSPS) is 16.6. The summed E-state index contributed by atoms with van der Waals surface area (Å²) in [6.45, 7) is 13.6. The fourth-order valence-corrected chi connectivity index (χ4v) is 7.24. The summed E-state index contributed by atoms with van der Waals surface area (Å²) in [4.78, 5) is 18.2. The van der Waals surface area contributed by atoms with E-state index in [1.807, 2.05) is 0 Å². The molecule has 4 aliphatic rings. The summed E-state index contributed by atoms with van der Waals surface area (Å²) in [7, 11) is 0. The lowest BCUT2D eigenvalue weighted by atomic mass is 9.97. The van der Waals surface area contributed by atoms with Crippen molar-refractivity contribution in [3.63, 3.8) is 0 Å². The second-order valence-electron chi connectivity index (χ2n) is 12.3. The Hall–Kier alpha value is -3.40. The number of H-pyrrole nitrogens is 2. The van der Waals surface area contributed by atoms with E-state index in [2.05, 4.69) is 75.8 Å². The standard InChI is InChI=1S/C37H46N4/c1-7-26-22(3)30-18-32-25(6)29-17-15-13-11-9-10-12-14-16-28-24(5)33(40-36(28)20-34(26)38-30)19-31-23(4)27(8-2)35(39-31)21-37(29)41-32/h18-21,38-39H,7-17H2,1-6H3. The highest BCUT2D eigenvalue weighted by atomic mass is 14.8. The summed E-state index contributed by atoms with van der Waals surface area (Å²) in [6, 6.07) is 9.22. The Bertz CT molecular complexity index is 1600. The molecule has 214 valence electrons. The van der Waals surface area contributed by atoms with Crippen LogP contribution in [0.2, 0.25) is 0 Å². The lowest BCUT2D eigenvalue weighted by molar-refractivity contribution is 0.586. The van der Waals surface area contributed by atoms with E-state index in [4.69, 9.17) is 9.97 Å². The SMILES string of the molecule is CCc1c(C)c2cc3nc4cc5[nH]c(cc6nc(cc1[nH]2)C(=C6C)CCCCCCCCCC4=C3C)c(C)c5CC. The van der Waals surface area contributed by atoms with Gasteiger partial charge in [0.15, 0.2) is 0 Å². The molecule has 4 heteroatoms. The van der Waals surface area contributed by atoms with E-state index in [0.717, 1.165) is 48.5 Å². The number of allylic oxidation sites excluding steroid dienone is 4. The van der Waals surface area contributed by atoms with E-state index in [1.165, 1.54) is 112 Å². The van der Waals surface area contributed by atoms with Crippen LogP contribution in [-0.4, -0.2) is 19.9 Å². The van der Waals surface area contributed by atoms with E-state index >= 15 is 0 Å². The zero-order valence-corrected chi connectivity index (χ0v) is 26.0. The highest BCUT2D eigenvalue weighted by Gasteiger charge is 2.20. The molecule has 0 saturated carbocycles. The maximum absolute atomic E-state index is 5.30. The van der Waals surface area contributed by atoms with E-state index in [-0.39, 0.29) is 0 Å². The predicted molar refractivity (Wildman–Crippen MR) is 176 cm³/mol. The molecule has 0 amide bonds. The molecule has 0 unspecified atom stereocenters. The fraction of sp³-hybridized carbons (Fsp3) is 0.459. The van der Waals surface area contributed by atoms with Crippen LogP contribution >= 0.6 is 0 Å². The molecule has 2 N–H and O–H groups in total. The first kappa shape index (κ1) is 27.8. The minimum Gasteiger partial charge on any atom is -0.355 e. The fourth-order valence-electron chi connectivity index (χ4n) is 7.24. The summed E-state index contributed by atoms with van der Waals surface area (Å²) in [5, 5.41) is 0. The predicted octanol–water partition coefficient (Wildman–Crippen LogP) is 10.4. The second-order valence-corrected chi connectivity index (χ2v) is 12.3. The molecule has 0 fully saturated rings. The van der Waals surface area contributed by atoms with Gasteiger partial charge in [-0.3, -0.25) is 0 Å². The third-order valence-electron chi connectivity index (χ3n) is 9.86. The van der Waals surface area contributed by atoms with Gasteiger partial charge in [-0.05, 0) is 135 Å². The largest absolute Gasteiger partial charge is 0.355 e. The summed E-state index contributed by atoms with van der Waals surface area (Å²) in [6.07, 6.45) is 13.1. The monoisotopic (exact) mass is 546 g/mol. The number of aromatic amines is 2. The quantitative estimate of drug-likeness (QED) is 0.336. The molecule has 0 saturated heterocycles. The Morgan fingerprint density at radius 2 is 0.878 bits per heavy atom. The van der Waals surface area contributed by atoms with Crippen LogP contribution in [0.15, 0.2) is 24.3 Å². The van der Waals surface area contributed by atoms with Crippen LogP contribution in [0.25, 0.3) is 44.4 Å². The highest BCUT2D eigenvalue weighted by molar-refractivity contribution is 5.95. The minimum absolute atomic E-state index is 0.984. The highest BCUT2D eigenvalue weighted by Crippen LogP contribution is 2.38. The Labute approximate surface area is 245 Å². The lowest BCUT2D eigenvalue weighted by Gasteiger charge is -2.07. The van der Waals surface area contributed by atoms with Crippen LogP contribution in [0.5, 0.6) is 0 Å². The number of nitrogens with one attached hydrogen (secondary N) is 2. The van der Waals surface area contributed by atoms with Crippen LogP contribution in [-0.2, 0) is 12.8 Å². The minimum atomic E-state index is 0.984. The third-order valence-corrected chi connectivity index (χ3v) is 9.86. The maximum Gasteiger partial charge on any atom is 0.0693 e. The Morgan fingerprint density at radius 1 is 0.512 bits per heavy atom. The van der Waals surface area contributed by atoms with Gasteiger partial charge in [-0.2, -0.15) is 0 Å². The molecular formula is C37H46N4. The molecule has 0 radical (unpaired) electrons. The number of fused-ring (bicyclic) bond motifs is 8. The van der Waals surface area contributed by atoms with Gasteiger partial charge in [-0.25, -0.2) is 9.97 Å². The molecule has 0 atom stereocenters. The molecule has 10 bridgehead atoms. The summed E-state index contributed by atoms with van der Waals surface area (Å²) in [5.74, 6) is 0. The topological polar surface area (TPSA) is 57.4 Å². The van der Waals surface area contributed by atoms with Gasteiger partial charge in [0.1, 0.15) is 0 Å². The molecule has 0 aliphatic carbocycles. The van der Waals surface area contributed by atoms with Crippen molar-refractivity contribution < 1.29 is 0 Å². The molecule has 0 spiro atoms. The van der Waals surface area contributed by atoms with Gasteiger partial charge in [-0.15, -0.1) is 0 Å². The summed E-state index contributed by atoms with van der Waals surface area (Å²) < 4.78 is 0. The third kappa shape index (κ3) is 5.11. The first-order chi connectivity index (χ1) is 19.9. The summed E-state index contributed by atoms with van der Waals surface area (Å²) in [5.41, 5.74) is 20.0. The van der Waals surface area contributed by atoms with Crippen molar-refractivity contribution in [2.24, 2.45) is 0 Å². The van der Waals surface area contributed by atoms with E-state index < -0.39 is 0 Å². The zero-order chi connectivity index (χ0) is 28.7. The van der Waals surface area contributed by atoms with Gasteiger partial charge >= 0.3 is 0 Å². The van der Waals surface area contributed by atoms with Gasteiger partial charge in [0.2, 0.25) is 0 Å². The Morgan fingerprint density at radius 3 is 1.27 bits per heavy atom. The van der Waals surface area contributed by atoms with Crippen LogP contribution in [0, 0.1) is 13.8 Å². The first-order valence-electron chi connectivity index (χ1n) is 16.0. The maximum atomic E-state index is 5.30. The van der Waals surface area contributed by atoms with E-state index in [9.17, 15) is 0 Å². The average molecular weight is 547 g/mol.